The molecule has 0 radical (unpaired) electrons. The van der Waals surface area contributed by atoms with Crippen molar-refractivity contribution in [3.8, 4) is 11.4 Å². The third-order valence-corrected chi connectivity index (χ3v) is 6.10. The van der Waals surface area contributed by atoms with Crippen molar-refractivity contribution in [1.29, 1.82) is 0 Å². The summed E-state index contributed by atoms with van der Waals surface area (Å²) in [5, 5.41) is 3.38. The number of hydrogen-bond donors (Lipinski definition) is 1. The van der Waals surface area contributed by atoms with Gasteiger partial charge in [-0.25, -0.2) is 9.97 Å². The Balaban J connectivity index is 0.00000112. The number of aromatic nitrogens is 2. The molecule has 0 atom stereocenters. The molecule has 1 N–H and O–H groups in total. The number of rotatable bonds is 6. The molecule has 0 fully saturated rings. The first-order chi connectivity index (χ1) is 18.7. The van der Waals surface area contributed by atoms with Gasteiger partial charge in [-0.2, -0.15) is 22.8 Å². The van der Waals surface area contributed by atoms with Crippen LogP contribution in [0.2, 0.25) is 0 Å². The Labute approximate surface area is 222 Å². The van der Waals surface area contributed by atoms with Gasteiger partial charge in [0.15, 0.2) is 11.6 Å². The topological polar surface area (TPSA) is 89.0 Å². The van der Waals surface area contributed by atoms with E-state index in [4.69, 9.17) is 19.6 Å². The van der Waals surface area contributed by atoms with Crippen LogP contribution in [0.1, 0.15) is 38.3 Å². The van der Waals surface area contributed by atoms with Crippen molar-refractivity contribution in [2.24, 2.45) is 0 Å². The first-order valence-corrected chi connectivity index (χ1v) is 11.9. The van der Waals surface area contributed by atoms with Gasteiger partial charge in [-0.15, -0.1) is 0 Å². The number of aryl methyl sites for hydroxylation is 1. The van der Waals surface area contributed by atoms with Gasteiger partial charge in [0, 0.05) is 28.8 Å². The molecule has 0 saturated heterocycles. The van der Waals surface area contributed by atoms with Crippen LogP contribution in [0.25, 0.3) is 17.5 Å². The Morgan fingerprint density at radius 3 is 2.44 bits per heavy atom. The molecule has 1 aromatic heterocycles. The number of nitrogens with one attached hydrogen (secondary N) is 1. The van der Waals surface area contributed by atoms with E-state index in [-0.39, 0.29) is 18.4 Å². The summed E-state index contributed by atoms with van der Waals surface area (Å²) in [5.41, 5.74) is 4.28. The number of allylic oxidation sites excluding steroid dienone is 1. The summed E-state index contributed by atoms with van der Waals surface area (Å²) >= 11 is 0. The van der Waals surface area contributed by atoms with Crippen molar-refractivity contribution >= 4 is 29.5 Å². The molecule has 0 unspecified atom stereocenters. The van der Waals surface area contributed by atoms with E-state index in [0.29, 0.717) is 34.9 Å². The highest BCUT2D eigenvalue weighted by molar-refractivity contribution is 5.98. The minimum atomic E-state index is -4.45. The van der Waals surface area contributed by atoms with Gasteiger partial charge < -0.3 is 5.32 Å². The molecule has 0 bridgehead atoms. The Morgan fingerprint density at radius 2 is 1.72 bits per heavy atom. The molecule has 6 nitrogen and oxygen atoms in total. The van der Waals surface area contributed by atoms with E-state index in [0.717, 1.165) is 34.5 Å². The molecule has 1 aliphatic carbocycles. The van der Waals surface area contributed by atoms with Gasteiger partial charge in [-0.3, -0.25) is 4.79 Å². The molecule has 0 spiro atoms. The van der Waals surface area contributed by atoms with Crippen molar-refractivity contribution < 1.29 is 27.6 Å². The van der Waals surface area contributed by atoms with Gasteiger partial charge in [-0.1, -0.05) is 66.7 Å². The molecule has 0 saturated carbocycles. The lowest BCUT2D eigenvalue weighted by Gasteiger charge is -2.15. The lowest BCUT2D eigenvalue weighted by atomic mass is 9.99. The third kappa shape index (κ3) is 6.52. The average Bonchev–Trinajstić information content (AvgIpc) is 3.40. The van der Waals surface area contributed by atoms with Crippen molar-refractivity contribution in [1.82, 2.24) is 9.97 Å². The number of nitrogens with zero attached hydrogens (tertiary/aromatic N) is 2. The van der Waals surface area contributed by atoms with Crippen molar-refractivity contribution in [2.45, 2.75) is 25.9 Å². The van der Waals surface area contributed by atoms with Gasteiger partial charge in [-0.05, 0) is 42.7 Å². The minimum Gasteiger partial charge on any atom is -0.340 e. The number of carbonyl (C=O) groups is 1. The zero-order chi connectivity index (χ0) is 28.0. The molecule has 39 heavy (non-hydrogen) atoms. The average molecular weight is 530 g/mol. The minimum absolute atomic E-state index is 0.128. The Bertz CT molecular complexity index is 1580. The van der Waals surface area contributed by atoms with Crippen LogP contribution >= 0.6 is 0 Å². The monoisotopic (exact) mass is 529 g/mol. The fraction of sp³-hybridized carbons (Fsp3) is 0.133. The van der Waals surface area contributed by atoms with Gasteiger partial charge in [0.05, 0.1) is 11.3 Å². The molecule has 9 heteroatoms. The van der Waals surface area contributed by atoms with Crippen LogP contribution < -0.4 is 5.32 Å². The highest BCUT2D eigenvalue weighted by Crippen LogP contribution is 2.32. The maximum absolute atomic E-state index is 13.1. The van der Waals surface area contributed by atoms with E-state index in [2.05, 4.69) is 5.32 Å². The fourth-order valence-electron chi connectivity index (χ4n) is 4.15. The van der Waals surface area contributed by atoms with Crippen LogP contribution in [0.15, 0.2) is 78.9 Å². The number of fused-ring (bicyclic) bond motifs is 1. The van der Waals surface area contributed by atoms with Crippen molar-refractivity contribution in [3.63, 3.8) is 0 Å². The summed E-state index contributed by atoms with van der Waals surface area (Å²) in [6, 6.07) is 19.8. The van der Waals surface area contributed by atoms with E-state index < -0.39 is 11.7 Å². The first-order valence-electron chi connectivity index (χ1n) is 11.9. The molecular weight excluding hydrogens is 507 g/mol. The number of halogens is 3. The van der Waals surface area contributed by atoms with E-state index in [1.165, 1.54) is 12.1 Å². The number of carbonyl (C=O) groups excluding carboxylic acids is 3. The lowest BCUT2D eigenvalue weighted by Crippen LogP contribution is -2.09. The van der Waals surface area contributed by atoms with E-state index in [1.54, 1.807) is 12.1 Å². The Morgan fingerprint density at radius 1 is 0.974 bits per heavy atom. The van der Waals surface area contributed by atoms with Crippen LogP contribution in [-0.2, 0) is 28.6 Å². The van der Waals surface area contributed by atoms with Gasteiger partial charge in [0.1, 0.15) is 5.82 Å². The predicted molar refractivity (Wildman–Crippen MR) is 139 cm³/mol. The number of anilines is 2. The molecule has 3 aromatic carbocycles. The molecule has 4 aromatic rings. The quantitative estimate of drug-likeness (QED) is 0.282. The summed E-state index contributed by atoms with van der Waals surface area (Å²) in [5.74, 6) is 0.990. The summed E-state index contributed by atoms with van der Waals surface area (Å²) in [4.78, 5) is 38.7. The van der Waals surface area contributed by atoms with Crippen molar-refractivity contribution in [2.75, 3.05) is 5.32 Å². The molecule has 196 valence electrons. The number of ketones is 1. The molecule has 0 amide bonds. The third-order valence-electron chi connectivity index (χ3n) is 6.10. The highest BCUT2D eigenvalue weighted by atomic mass is 19.4. The van der Waals surface area contributed by atoms with Gasteiger partial charge in [0.2, 0.25) is 0 Å². The van der Waals surface area contributed by atoms with E-state index in [9.17, 15) is 18.0 Å². The normalized spacial score (nSPS) is 11.7. The number of hydrogen-bond acceptors (Lipinski definition) is 6. The van der Waals surface area contributed by atoms with Crippen molar-refractivity contribution in [3.05, 3.63) is 112 Å². The van der Waals surface area contributed by atoms with Crippen LogP contribution in [-0.4, -0.2) is 21.9 Å². The van der Waals surface area contributed by atoms with E-state index in [1.807, 2.05) is 55.5 Å². The van der Waals surface area contributed by atoms with Crippen LogP contribution in [0.3, 0.4) is 0 Å². The van der Waals surface area contributed by atoms with Gasteiger partial charge >= 0.3 is 12.3 Å². The molecule has 1 aliphatic rings. The smallest absolute Gasteiger partial charge is 0.340 e. The van der Waals surface area contributed by atoms with E-state index >= 15 is 0 Å². The summed E-state index contributed by atoms with van der Waals surface area (Å²) in [6.45, 7) is 1.92. The number of benzene rings is 3. The lowest BCUT2D eigenvalue weighted by molar-refractivity contribution is -0.191. The number of Topliss-reactive ketones (excluding diaryl/α,β-unsaturated/α-hetero) is 1. The SMILES string of the molecule is Cc1ccc(C(=O)Cc2cccc(C(F)(F)F)c2)cc1Nc1nc(-c2ccccc2)nc2c1CC=C2.O=C=O. The molecule has 1 heterocycles. The maximum atomic E-state index is 13.1. The zero-order valence-corrected chi connectivity index (χ0v) is 20.8. The van der Waals surface area contributed by atoms with Gasteiger partial charge in [0.25, 0.3) is 0 Å². The second-order valence-electron chi connectivity index (χ2n) is 8.77. The summed E-state index contributed by atoms with van der Waals surface area (Å²) in [6.07, 6.45) is 0.361. The Kier molecular flexibility index (Phi) is 8.13. The predicted octanol–water partition coefficient (Wildman–Crippen LogP) is 6.63. The standard InChI is InChI=1S/C29H22F3N3O.CO2/c1-18-13-14-21(26(36)16-19-7-5-10-22(15-19)29(30,31)32)17-25(18)34-28-23-11-6-12-24(23)33-27(35-28)20-8-3-2-4-9-20;2-1-3/h2-10,12-15,17H,11,16H2,1H3,(H,33,34,35);. The number of alkyl halides is 3. The molecular formula is C30H22F3N3O3. The second kappa shape index (κ2) is 11.7. The highest BCUT2D eigenvalue weighted by Gasteiger charge is 2.30. The first kappa shape index (κ1) is 27.2. The molecule has 5 rings (SSSR count). The van der Waals surface area contributed by atoms with Crippen LogP contribution in [0, 0.1) is 6.92 Å². The summed E-state index contributed by atoms with van der Waals surface area (Å²) in [7, 11) is 0. The van der Waals surface area contributed by atoms with Crippen LogP contribution in [0.4, 0.5) is 24.7 Å². The fourth-order valence-corrected chi connectivity index (χ4v) is 4.15. The molecule has 0 aliphatic heterocycles. The second-order valence-corrected chi connectivity index (χ2v) is 8.77. The Hall–Kier alpha value is -4.88. The maximum Gasteiger partial charge on any atom is 0.416 e. The van der Waals surface area contributed by atoms with Crippen LogP contribution in [0.5, 0.6) is 0 Å². The summed E-state index contributed by atoms with van der Waals surface area (Å²) < 4.78 is 39.2. The zero-order valence-electron chi connectivity index (χ0n) is 20.8. The largest absolute Gasteiger partial charge is 0.416 e.